The number of carboxylic acids is 1. The molecule has 5 rings (SSSR count). The standard InChI is InChI=1S/C33H39ClN2O4S.C2H4O2/c1-5-22-14-27(34)15-23(6-2)32(22)35-31(37)19-36-18-26(25-13-21(3)33-30(17-25)39-20-40-33)16-29(36)24-7-9-28(10-8-24)38-11-12-41-4;1-2(3)4/h7-10,13-15,17,26,29H,5-6,11-12,16,18-20H2,1-4H3,(H,35,37);1H3,(H,3,4)/t26-,29-;/m1./s1. The summed E-state index contributed by atoms with van der Waals surface area (Å²) < 4.78 is 17.3. The first-order valence-corrected chi connectivity index (χ1v) is 17.1. The smallest absolute Gasteiger partial charge is 0.300 e. The van der Waals surface area contributed by atoms with Gasteiger partial charge < -0.3 is 24.6 Å². The fourth-order valence-electron chi connectivity index (χ4n) is 5.95. The fraction of sp³-hybridized carbons (Fsp3) is 0.429. The molecule has 0 unspecified atom stereocenters. The minimum absolute atomic E-state index is 0.0127. The number of thioether (sulfide) groups is 1. The Morgan fingerprint density at radius 2 is 1.73 bits per heavy atom. The van der Waals surface area contributed by atoms with Gasteiger partial charge >= 0.3 is 0 Å². The molecule has 0 aliphatic carbocycles. The van der Waals surface area contributed by atoms with Crippen molar-refractivity contribution in [3.05, 3.63) is 81.4 Å². The highest BCUT2D eigenvalue weighted by atomic mass is 35.5. The van der Waals surface area contributed by atoms with Gasteiger partial charge in [-0.15, -0.1) is 0 Å². The number of nitrogens with zero attached hydrogens (tertiary/aromatic N) is 1. The molecule has 0 aromatic heterocycles. The van der Waals surface area contributed by atoms with Crippen LogP contribution in [0.5, 0.6) is 17.2 Å². The molecule has 242 valence electrons. The van der Waals surface area contributed by atoms with Crippen molar-refractivity contribution in [1.29, 1.82) is 0 Å². The van der Waals surface area contributed by atoms with Crippen molar-refractivity contribution in [2.24, 2.45) is 0 Å². The minimum atomic E-state index is -0.833. The van der Waals surface area contributed by atoms with Gasteiger partial charge in [0.1, 0.15) is 5.75 Å². The van der Waals surface area contributed by atoms with Crippen LogP contribution in [0.1, 0.15) is 67.0 Å². The number of hydrogen-bond acceptors (Lipinski definition) is 7. The number of benzene rings is 3. The van der Waals surface area contributed by atoms with E-state index in [2.05, 4.69) is 61.5 Å². The zero-order chi connectivity index (χ0) is 32.5. The summed E-state index contributed by atoms with van der Waals surface area (Å²) in [5.74, 6) is 2.87. The Balaban J connectivity index is 0.00000109. The molecule has 2 heterocycles. The van der Waals surface area contributed by atoms with Crippen LogP contribution < -0.4 is 19.5 Å². The van der Waals surface area contributed by atoms with Crippen LogP contribution >= 0.6 is 23.4 Å². The molecule has 2 atom stereocenters. The number of carbonyl (C=O) groups excluding carboxylic acids is 1. The first-order chi connectivity index (χ1) is 21.6. The molecule has 1 fully saturated rings. The number of likely N-dealkylation sites (tertiary alicyclic amines) is 1. The third-order valence-electron chi connectivity index (χ3n) is 8.02. The number of halogens is 1. The molecule has 0 saturated carbocycles. The molecule has 0 radical (unpaired) electrons. The number of anilines is 1. The average Bonchev–Trinajstić information content (AvgIpc) is 3.66. The second-order valence-electron chi connectivity index (χ2n) is 11.2. The number of carbonyl (C=O) groups is 2. The van der Waals surface area contributed by atoms with Gasteiger partial charge in [0, 0.05) is 36.0 Å². The first-order valence-electron chi connectivity index (χ1n) is 15.3. The fourth-order valence-corrected chi connectivity index (χ4v) is 6.46. The highest BCUT2D eigenvalue weighted by Gasteiger charge is 2.36. The van der Waals surface area contributed by atoms with Gasteiger partial charge in [0.25, 0.3) is 5.97 Å². The highest BCUT2D eigenvalue weighted by molar-refractivity contribution is 7.98. The number of fused-ring (bicyclic) bond motifs is 1. The van der Waals surface area contributed by atoms with Crippen molar-refractivity contribution >= 4 is 40.9 Å². The van der Waals surface area contributed by atoms with Crippen molar-refractivity contribution in [2.75, 3.05) is 43.8 Å². The van der Waals surface area contributed by atoms with Crippen LogP contribution in [-0.2, 0) is 22.4 Å². The van der Waals surface area contributed by atoms with Gasteiger partial charge in [-0.1, -0.05) is 43.6 Å². The second kappa shape index (κ2) is 16.2. The molecular weight excluding hydrogens is 612 g/mol. The Labute approximate surface area is 275 Å². The Hall–Kier alpha value is -3.40. The van der Waals surface area contributed by atoms with E-state index in [0.717, 1.165) is 78.1 Å². The molecule has 2 aliphatic heterocycles. The summed E-state index contributed by atoms with van der Waals surface area (Å²) in [6.45, 7) is 9.33. The van der Waals surface area contributed by atoms with Gasteiger partial charge in [-0.25, -0.2) is 0 Å². The molecule has 3 aromatic carbocycles. The van der Waals surface area contributed by atoms with Crippen molar-refractivity contribution in [1.82, 2.24) is 4.90 Å². The van der Waals surface area contributed by atoms with Crippen LogP contribution in [0.25, 0.3) is 0 Å². The van der Waals surface area contributed by atoms with E-state index < -0.39 is 5.97 Å². The number of hydrogen-bond donors (Lipinski definition) is 2. The largest absolute Gasteiger partial charge is 0.493 e. The predicted octanol–water partition coefficient (Wildman–Crippen LogP) is 7.50. The van der Waals surface area contributed by atoms with Gasteiger partial charge in [-0.3, -0.25) is 14.5 Å². The number of nitrogens with one attached hydrogen (secondary N) is 1. The maximum atomic E-state index is 13.6. The number of aliphatic carboxylic acids is 1. The summed E-state index contributed by atoms with van der Waals surface area (Å²) in [7, 11) is 0. The Morgan fingerprint density at radius 3 is 2.36 bits per heavy atom. The van der Waals surface area contributed by atoms with Gasteiger partial charge in [0.05, 0.1) is 13.2 Å². The Bertz CT molecular complexity index is 1450. The summed E-state index contributed by atoms with van der Waals surface area (Å²) >= 11 is 8.13. The summed E-state index contributed by atoms with van der Waals surface area (Å²) in [6.07, 6.45) is 4.58. The van der Waals surface area contributed by atoms with Gasteiger partial charge in [-0.05, 0) is 96.5 Å². The van der Waals surface area contributed by atoms with E-state index in [1.165, 1.54) is 11.1 Å². The topological polar surface area (TPSA) is 97.3 Å². The maximum Gasteiger partial charge on any atom is 0.300 e. The van der Waals surface area contributed by atoms with Crippen molar-refractivity contribution in [3.63, 3.8) is 0 Å². The van der Waals surface area contributed by atoms with Crippen molar-refractivity contribution in [2.45, 2.75) is 58.9 Å². The van der Waals surface area contributed by atoms with E-state index in [4.69, 9.17) is 35.7 Å². The van der Waals surface area contributed by atoms with E-state index in [1.54, 1.807) is 11.8 Å². The zero-order valence-corrected chi connectivity index (χ0v) is 28.2. The minimum Gasteiger partial charge on any atom is -0.493 e. The molecule has 8 nitrogen and oxygen atoms in total. The molecule has 0 bridgehead atoms. The predicted molar refractivity (Wildman–Crippen MR) is 181 cm³/mol. The van der Waals surface area contributed by atoms with Crippen LogP contribution in [0.15, 0.2) is 48.5 Å². The van der Waals surface area contributed by atoms with Gasteiger partial charge in [-0.2, -0.15) is 11.8 Å². The van der Waals surface area contributed by atoms with E-state index >= 15 is 0 Å². The highest BCUT2D eigenvalue weighted by Crippen LogP contribution is 2.45. The van der Waals surface area contributed by atoms with Crippen LogP contribution in [0.2, 0.25) is 5.02 Å². The van der Waals surface area contributed by atoms with Crippen LogP contribution in [0.3, 0.4) is 0 Å². The molecule has 0 spiro atoms. The zero-order valence-electron chi connectivity index (χ0n) is 26.7. The number of aryl methyl sites for hydroxylation is 3. The van der Waals surface area contributed by atoms with E-state index in [9.17, 15) is 4.79 Å². The molecule has 2 aliphatic rings. The molecular formula is C35H43ClN2O6S. The monoisotopic (exact) mass is 654 g/mol. The third-order valence-corrected chi connectivity index (χ3v) is 8.81. The third kappa shape index (κ3) is 9.08. The SMILES string of the molecule is CC(=O)O.CCc1cc(Cl)cc(CC)c1NC(=O)CN1C[C@H](c2cc(C)c3c(c2)OCO3)C[C@@H]1c1ccc(OCCSC)cc1. The molecule has 1 amide bonds. The summed E-state index contributed by atoms with van der Waals surface area (Å²) in [5.41, 5.74) is 6.50. The molecule has 2 N–H and O–H groups in total. The second-order valence-corrected chi connectivity index (χ2v) is 12.7. The summed E-state index contributed by atoms with van der Waals surface area (Å²) in [6, 6.07) is 16.7. The van der Waals surface area contributed by atoms with Crippen LogP contribution in [0.4, 0.5) is 5.69 Å². The lowest BCUT2D eigenvalue weighted by Crippen LogP contribution is -2.33. The maximum absolute atomic E-state index is 13.6. The van der Waals surface area contributed by atoms with Gasteiger partial charge in [0.2, 0.25) is 12.7 Å². The first kappa shape index (κ1) is 34.5. The molecule has 45 heavy (non-hydrogen) atoms. The van der Waals surface area contributed by atoms with Crippen molar-refractivity contribution in [3.8, 4) is 17.2 Å². The summed E-state index contributed by atoms with van der Waals surface area (Å²) in [4.78, 5) is 24.9. The van der Waals surface area contributed by atoms with E-state index in [1.807, 2.05) is 24.3 Å². The van der Waals surface area contributed by atoms with E-state index in [0.29, 0.717) is 18.2 Å². The van der Waals surface area contributed by atoms with Crippen molar-refractivity contribution < 1.29 is 28.9 Å². The lowest BCUT2D eigenvalue weighted by atomic mass is 9.92. The van der Waals surface area contributed by atoms with Gasteiger partial charge in [0.15, 0.2) is 11.5 Å². The van der Waals surface area contributed by atoms with Crippen LogP contribution in [0, 0.1) is 6.92 Å². The quantitative estimate of drug-likeness (QED) is 0.205. The molecule has 1 saturated heterocycles. The number of rotatable bonds is 11. The molecule has 3 aromatic rings. The summed E-state index contributed by atoms with van der Waals surface area (Å²) in [5, 5.41) is 11.4. The normalized spacial score (nSPS) is 17.0. The molecule has 10 heteroatoms. The lowest BCUT2D eigenvalue weighted by molar-refractivity contribution is -0.134. The lowest BCUT2D eigenvalue weighted by Gasteiger charge is -2.25. The Morgan fingerprint density at radius 1 is 1.07 bits per heavy atom. The number of carboxylic acid groups (broad SMARTS) is 1. The number of ether oxygens (including phenoxy) is 3. The Kier molecular flexibility index (Phi) is 12.4. The van der Waals surface area contributed by atoms with Crippen LogP contribution in [-0.4, -0.2) is 60.4 Å². The average molecular weight is 655 g/mol. The number of amides is 1. The van der Waals surface area contributed by atoms with E-state index in [-0.39, 0.29) is 24.7 Å².